The molecule has 2 nitrogen and oxygen atoms in total. The third-order valence-electron chi connectivity index (χ3n) is 2.82. The highest BCUT2D eigenvalue weighted by Crippen LogP contribution is 2.29. The summed E-state index contributed by atoms with van der Waals surface area (Å²) in [4.78, 5) is 11.7. The quantitative estimate of drug-likeness (QED) is 0.847. The van der Waals surface area contributed by atoms with Crippen LogP contribution in [0.5, 0.6) is 0 Å². The first-order valence-electron chi connectivity index (χ1n) is 6.17. The number of carbonyl (C=O) groups excluding carboxylic acids is 1. The molecule has 0 fully saturated rings. The molecule has 0 spiro atoms. The van der Waals surface area contributed by atoms with Gasteiger partial charge in [0.15, 0.2) is 0 Å². The van der Waals surface area contributed by atoms with Gasteiger partial charge in [0.2, 0.25) is 5.91 Å². The van der Waals surface area contributed by atoms with Crippen molar-refractivity contribution in [3.63, 3.8) is 0 Å². The maximum atomic E-state index is 13.4. The lowest BCUT2D eigenvalue weighted by molar-refractivity contribution is -0.137. The summed E-state index contributed by atoms with van der Waals surface area (Å²) in [6.45, 7) is 0. The Balaban J connectivity index is 2.11. The Bertz CT molecular complexity index is 697. The Morgan fingerprint density at radius 1 is 1.05 bits per heavy atom. The molecule has 2 aromatic rings. The minimum atomic E-state index is -4.51. The molecule has 22 heavy (non-hydrogen) atoms. The van der Waals surface area contributed by atoms with Gasteiger partial charge in [-0.05, 0) is 23.8 Å². The Kier molecular flexibility index (Phi) is 4.44. The highest BCUT2D eigenvalue weighted by molar-refractivity contribution is 5.92. The Morgan fingerprint density at radius 2 is 1.77 bits per heavy atom. The zero-order valence-corrected chi connectivity index (χ0v) is 11.0. The molecule has 2 aromatic carbocycles. The summed E-state index contributed by atoms with van der Waals surface area (Å²) < 4.78 is 64.0. The molecule has 2 rings (SSSR count). The standard InChI is InChI=1S/C15H10F5NO/c16-11-4-5-12(17)13(8-11)21-14(22)7-9-2-1-3-10(6-9)15(18,19)20/h1-6,8H,7H2,(H,21,22). The summed E-state index contributed by atoms with van der Waals surface area (Å²) >= 11 is 0. The first-order chi connectivity index (χ1) is 10.3. The minimum Gasteiger partial charge on any atom is -0.323 e. The van der Waals surface area contributed by atoms with Crippen molar-refractivity contribution in [3.8, 4) is 0 Å². The number of amides is 1. The topological polar surface area (TPSA) is 29.1 Å². The lowest BCUT2D eigenvalue weighted by Gasteiger charge is -2.09. The Hall–Kier alpha value is -2.44. The van der Waals surface area contributed by atoms with Crippen LogP contribution in [0.3, 0.4) is 0 Å². The van der Waals surface area contributed by atoms with E-state index in [-0.39, 0.29) is 17.7 Å². The van der Waals surface area contributed by atoms with Gasteiger partial charge in [0.1, 0.15) is 11.6 Å². The summed E-state index contributed by atoms with van der Waals surface area (Å²) in [7, 11) is 0. The molecule has 0 bridgehead atoms. The van der Waals surface area contributed by atoms with Crippen molar-refractivity contribution in [1.82, 2.24) is 0 Å². The average molecular weight is 315 g/mol. The van der Waals surface area contributed by atoms with Crippen LogP contribution in [0.15, 0.2) is 42.5 Å². The normalized spacial score (nSPS) is 11.3. The third-order valence-corrected chi connectivity index (χ3v) is 2.82. The fraction of sp³-hybridized carbons (Fsp3) is 0.133. The molecule has 0 aliphatic carbocycles. The van der Waals surface area contributed by atoms with Crippen LogP contribution in [-0.4, -0.2) is 5.91 Å². The fourth-order valence-electron chi connectivity index (χ4n) is 1.83. The summed E-state index contributed by atoms with van der Waals surface area (Å²) in [6.07, 6.45) is -4.90. The van der Waals surface area contributed by atoms with E-state index in [0.29, 0.717) is 0 Å². The van der Waals surface area contributed by atoms with E-state index in [0.717, 1.165) is 30.3 Å². The van der Waals surface area contributed by atoms with Crippen LogP contribution in [0.1, 0.15) is 11.1 Å². The molecule has 0 saturated carbocycles. The van der Waals surface area contributed by atoms with Gasteiger partial charge >= 0.3 is 6.18 Å². The molecule has 0 unspecified atom stereocenters. The molecule has 1 amide bonds. The van der Waals surface area contributed by atoms with Crippen molar-refractivity contribution >= 4 is 11.6 Å². The van der Waals surface area contributed by atoms with Gasteiger partial charge in [0.25, 0.3) is 0 Å². The number of nitrogens with one attached hydrogen (secondary N) is 1. The fourth-order valence-corrected chi connectivity index (χ4v) is 1.83. The van der Waals surface area contributed by atoms with E-state index >= 15 is 0 Å². The van der Waals surface area contributed by atoms with Crippen LogP contribution >= 0.6 is 0 Å². The molecule has 0 radical (unpaired) electrons. The van der Waals surface area contributed by atoms with E-state index < -0.39 is 29.3 Å². The summed E-state index contributed by atoms with van der Waals surface area (Å²) in [5, 5.41) is 2.12. The van der Waals surface area contributed by atoms with Crippen LogP contribution in [0.2, 0.25) is 0 Å². The van der Waals surface area contributed by atoms with E-state index in [2.05, 4.69) is 5.32 Å². The van der Waals surface area contributed by atoms with Crippen molar-refractivity contribution in [2.45, 2.75) is 12.6 Å². The number of benzene rings is 2. The van der Waals surface area contributed by atoms with Gasteiger partial charge in [-0.1, -0.05) is 18.2 Å². The second-order valence-electron chi connectivity index (χ2n) is 4.55. The van der Waals surface area contributed by atoms with Crippen LogP contribution in [0, 0.1) is 11.6 Å². The van der Waals surface area contributed by atoms with Crippen molar-refractivity contribution in [2.24, 2.45) is 0 Å². The maximum Gasteiger partial charge on any atom is 0.416 e. The van der Waals surface area contributed by atoms with E-state index in [1.54, 1.807) is 0 Å². The number of anilines is 1. The van der Waals surface area contributed by atoms with Crippen molar-refractivity contribution < 1.29 is 26.7 Å². The molecular weight excluding hydrogens is 305 g/mol. The number of hydrogen-bond donors (Lipinski definition) is 1. The predicted molar refractivity (Wildman–Crippen MR) is 70.1 cm³/mol. The van der Waals surface area contributed by atoms with Crippen LogP contribution in [0.4, 0.5) is 27.6 Å². The van der Waals surface area contributed by atoms with Gasteiger partial charge in [-0.25, -0.2) is 8.78 Å². The molecule has 0 atom stereocenters. The number of halogens is 5. The van der Waals surface area contributed by atoms with Crippen molar-refractivity contribution in [3.05, 3.63) is 65.2 Å². The molecule has 0 saturated heterocycles. The van der Waals surface area contributed by atoms with Gasteiger partial charge in [0.05, 0.1) is 17.7 Å². The lowest BCUT2D eigenvalue weighted by Crippen LogP contribution is -2.16. The second-order valence-corrected chi connectivity index (χ2v) is 4.55. The van der Waals surface area contributed by atoms with Gasteiger partial charge in [0, 0.05) is 6.07 Å². The zero-order valence-electron chi connectivity index (χ0n) is 11.0. The molecule has 1 N–H and O–H groups in total. The van der Waals surface area contributed by atoms with Gasteiger partial charge in [-0.3, -0.25) is 4.79 Å². The predicted octanol–water partition coefficient (Wildman–Crippen LogP) is 4.16. The summed E-state index contributed by atoms with van der Waals surface area (Å²) in [6, 6.07) is 6.76. The number of hydrogen-bond acceptors (Lipinski definition) is 1. The Morgan fingerprint density at radius 3 is 2.45 bits per heavy atom. The van der Waals surface area contributed by atoms with E-state index in [1.165, 1.54) is 12.1 Å². The highest BCUT2D eigenvalue weighted by atomic mass is 19.4. The first kappa shape index (κ1) is 15.9. The highest BCUT2D eigenvalue weighted by Gasteiger charge is 2.30. The first-order valence-corrected chi connectivity index (χ1v) is 6.17. The van der Waals surface area contributed by atoms with Crippen molar-refractivity contribution in [2.75, 3.05) is 5.32 Å². The van der Waals surface area contributed by atoms with E-state index in [9.17, 15) is 26.7 Å². The van der Waals surface area contributed by atoms with Crippen LogP contribution < -0.4 is 5.32 Å². The molecule has 0 aliphatic rings. The number of alkyl halides is 3. The zero-order chi connectivity index (χ0) is 16.3. The van der Waals surface area contributed by atoms with Crippen LogP contribution in [0.25, 0.3) is 0 Å². The molecular formula is C15H10F5NO. The maximum absolute atomic E-state index is 13.4. The molecule has 0 aliphatic heterocycles. The molecule has 0 aromatic heterocycles. The monoisotopic (exact) mass is 315 g/mol. The summed E-state index contributed by atoms with van der Waals surface area (Å²) in [5.74, 6) is -2.32. The van der Waals surface area contributed by atoms with Crippen molar-refractivity contribution in [1.29, 1.82) is 0 Å². The smallest absolute Gasteiger partial charge is 0.323 e. The van der Waals surface area contributed by atoms with Crippen LogP contribution in [-0.2, 0) is 17.4 Å². The summed E-state index contributed by atoms with van der Waals surface area (Å²) in [5.41, 5.74) is -1.13. The van der Waals surface area contributed by atoms with Gasteiger partial charge in [-0.15, -0.1) is 0 Å². The molecule has 0 heterocycles. The molecule has 116 valence electrons. The number of carbonyl (C=O) groups is 1. The Labute approximate surface area is 122 Å². The second kappa shape index (κ2) is 6.13. The minimum absolute atomic E-state index is 0.115. The SMILES string of the molecule is O=C(Cc1cccc(C(F)(F)F)c1)Nc1cc(F)ccc1F. The number of rotatable bonds is 3. The lowest BCUT2D eigenvalue weighted by atomic mass is 10.1. The molecule has 7 heteroatoms. The van der Waals surface area contributed by atoms with Gasteiger partial charge < -0.3 is 5.32 Å². The third kappa shape index (κ3) is 4.03. The largest absolute Gasteiger partial charge is 0.416 e. The van der Waals surface area contributed by atoms with Gasteiger partial charge in [-0.2, -0.15) is 13.2 Å². The van der Waals surface area contributed by atoms with E-state index in [1.807, 2.05) is 0 Å². The average Bonchev–Trinajstić information content (AvgIpc) is 2.42. The van der Waals surface area contributed by atoms with E-state index in [4.69, 9.17) is 0 Å².